The van der Waals surface area contributed by atoms with Crippen LogP contribution in [0.15, 0.2) is 36.5 Å². The Hall–Kier alpha value is -2.05. The van der Waals surface area contributed by atoms with Crippen LogP contribution in [0.4, 0.5) is 26.3 Å². The van der Waals surface area contributed by atoms with Crippen molar-refractivity contribution in [2.45, 2.75) is 63.8 Å². The second-order valence-electron chi connectivity index (χ2n) is 7.71. The highest BCUT2D eigenvalue weighted by Gasteiger charge is 2.59. The Morgan fingerprint density at radius 3 is 2.04 bits per heavy atom. The molecule has 3 rings (SSSR count). The van der Waals surface area contributed by atoms with Gasteiger partial charge < -0.3 is 0 Å². The van der Waals surface area contributed by atoms with Crippen molar-refractivity contribution in [2.75, 3.05) is 0 Å². The maximum absolute atomic E-state index is 14.0. The maximum atomic E-state index is 14.0. The molecule has 7 heteroatoms. The minimum absolute atomic E-state index is 0.00183. The van der Waals surface area contributed by atoms with Gasteiger partial charge in [0.15, 0.2) is 11.7 Å². The van der Waals surface area contributed by atoms with Crippen LogP contribution in [0.1, 0.15) is 57.2 Å². The van der Waals surface area contributed by atoms with Crippen molar-refractivity contribution in [3.8, 4) is 11.3 Å². The van der Waals surface area contributed by atoms with Crippen LogP contribution < -0.4 is 4.57 Å². The highest BCUT2D eigenvalue weighted by atomic mass is 19.4. The normalized spacial score (nSPS) is 24.6. The van der Waals surface area contributed by atoms with E-state index in [0.29, 0.717) is 18.5 Å². The quantitative estimate of drug-likeness (QED) is 0.400. The SMILES string of the molecule is CCC1(C)c2c(cc(C(F)(F)F)cc2C(F)(F)F)-c2cccc[n+]2C1(C)CC. The molecule has 0 aliphatic carbocycles. The molecule has 2 aromatic rings. The zero-order valence-corrected chi connectivity index (χ0v) is 16.1. The van der Waals surface area contributed by atoms with Crippen LogP contribution >= 0.6 is 0 Å². The lowest BCUT2D eigenvalue weighted by atomic mass is 9.59. The van der Waals surface area contributed by atoms with E-state index >= 15 is 0 Å². The summed E-state index contributed by atoms with van der Waals surface area (Å²) in [6, 6.07) is 6.09. The van der Waals surface area contributed by atoms with Gasteiger partial charge in [0.1, 0.15) is 0 Å². The number of pyridine rings is 1. The van der Waals surface area contributed by atoms with Crippen molar-refractivity contribution in [1.29, 1.82) is 0 Å². The Bertz CT molecular complexity index is 914. The summed E-state index contributed by atoms with van der Waals surface area (Å²) in [5.74, 6) is 0. The molecule has 0 radical (unpaired) electrons. The van der Waals surface area contributed by atoms with Crippen molar-refractivity contribution >= 4 is 0 Å². The molecule has 1 nitrogen and oxygen atoms in total. The summed E-state index contributed by atoms with van der Waals surface area (Å²) in [5, 5.41) is 0. The highest BCUT2D eigenvalue weighted by Crippen LogP contribution is 2.54. The molecular formula is C21H22F6N+. The standard InChI is InChI=1S/C21H22F6N/c1-5-18(3)17-14(16-9-7-8-10-28(16)19(18,4)6-2)11-13(20(22,23)24)12-15(17)21(25,26)27/h7-12H,5-6H2,1-4H3/q+1. The minimum Gasteiger partial charge on any atom is -0.192 e. The van der Waals surface area contributed by atoms with E-state index in [1.54, 1.807) is 38.2 Å². The minimum atomic E-state index is -4.90. The highest BCUT2D eigenvalue weighted by molar-refractivity contribution is 5.69. The van der Waals surface area contributed by atoms with E-state index in [1.807, 2.05) is 18.4 Å². The van der Waals surface area contributed by atoms with E-state index < -0.39 is 34.4 Å². The maximum Gasteiger partial charge on any atom is 0.416 e. The summed E-state index contributed by atoms with van der Waals surface area (Å²) < 4.78 is 84.0. The number of benzene rings is 1. The third-order valence-corrected chi connectivity index (χ3v) is 6.57. The molecule has 0 spiro atoms. The summed E-state index contributed by atoms with van der Waals surface area (Å²) in [6.45, 7) is 7.27. The van der Waals surface area contributed by atoms with E-state index in [1.165, 1.54) is 0 Å². The predicted octanol–water partition coefficient (Wildman–Crippen LogP) is 6.49. The summed E-state index contributed by atoms with van der Waals surface area (Å²) in [5.41, 5.74) is -3.91. The van der Waals surface area contributed by atoms with Gasteiger partial charge in [0, 0.05) is 25.5 Å². The third-order valence-electron chi connectivity index (χ3n) is 6.57. The monoisotopic (exact) mass is 402 g/mol. The first-order valence-corrected chi connectivity index (χ1v) is 9.15. The molecule has 2 heterocycles. The Labute approximate surface area is 160 Å². The fourth-order valence-electron chi connectivity index (χ4n) is 4.57. The van der Waals surface area contributed by atoms with Gasteiger partial charge in [-0.2, -0.15) is 30.9 Å². The summed E-state index contributed by atoms with van der Waals surface area (Å²) in [7, 11) is 0. The van der Waals surface area contributed by atoms with Crippen molar-refractivity contribution in [2.24, 2.45) is 0 Å². The lowest BCUT2D eigenvalue weighted by Crippen LogP contribution is -2.67. The van der Waals surface area contributed by atoms with E-state index in [9.17, 15) is 26.3 Å². The van der Waals surface area contributed by atoms with Crippen molar-refractivity contribution in [3.63, 3.8) is 0 Å². The molecule has 152 valence electrons. The van der Waals surface area contributed by atoms with Crippen LogP contribution in [0.5, 0.6) is 0 Å². The lowest BCUT2D eigenvalue weighted by Gasteiger charge is -2.47. The number of halogens is 6. The number of aromatic nitrogens is 1. The topological polar surface area (TPSA) is 3.88 Å². The van der Waals surface area contributed by atoms with Gasteiger partial charge in [-0.3, -0.25) is 0 Å². The third kappa shape index (κ3) is 2.73. The zero-order chi connectivity index (χ0) is 21.1. The Morgan fingerprint density at radius 1 is 0.893 bits per heavy atom. The summed E-state index contributed by atoms with van der Waals surface area (Å²) in [6.07, 6.45) is -7.16. The van der Waals surface area contributed by atoms with Crippen LogP contribution in [-0.4, -0.2) is 0 Å². The van der Waals surface area contributed by atoms with Gasteiger partial charge in [0.25, 0.3) is 0 Å². The molecule has 28 heavy (non-hydrogen) atoms. The molecule has 2 unspecified atom stereocenters. The first-order valence-electron chi connectivity index (χ1n) is 9.15. The average molecular weight is 402 g/mol. The van der Waals surface area contributed by atoms with Crippen LogP contribution in [0, 0.1) is 0 Å². The van der Waals surface area contributed by atoms with Crippen LogP contribution in [0.25, 0.3) is 11.3 Å². The smallest absolute Gasteiger partial charge is 0.192 e. The molecule has 2 atom stereocenters. The van der Waals surface area contributed by atoms with Gasteiger partial charge in [0.2, 0.25) is 5.69 Å². The molecule has 1 aromatic heterocycles. The van der Waals surface area contributed by atoms with Gasteiger partial charge in [0.05, 0.1) is 22.1 Å². The summed E-state index contributed by atoms with van der Waals surface area (Å²) >= 11 is 0. The Morgan fingerprint density at radius 2 is 1.54 bits per heavy atom. The molecule has 1 aliphatic rings. The summed E-state index contributed by atoms with van der Waals surface area (Å²) in [4.78, 5) is 0. The molecule has 1 aromatic carbocycles. The number of hydrogen-bond acceptors (Lipinski definition) is 0. The fourth-order valence-corrected chi connectivity index (χ4v) is 4.57. The van der Waals surface area contributed by atoms with Gasteiger partial charge in [-0.05, 0) is 37.1 Å². The molecule has 0 N–H and O–H groups in total. The van der Waals surface area contributed by atoms with Crippen molar-refractivity contribution in [1.82, 2.24) is 0 Å². The fraction of sp³-hybridized carbons (Fsp3) is 0.476. The van der Waals surface area contributed by atoms with Gasteiger partial charge in [-0.1, -0.05) is 13.8 Å². The van der Waals surface area contributed by atoms with Crippen LogP contribution in [0.2, 0.25) is 0 Å². The largest absolute Gasteiger partial charge is 0.416 e. The Kier molecular flexibility index (Phi) is 4.60. The molecular weight excluding hydrogens is 380 g/mol. The number of nitrogens with zero attached hydrogens (tertiary/aromatic N) is 1. The Balaban J connectivity index is 2.56. The van der Waals surface area contributed by atoms with Gasteiger partial charge in [-0.25, -0.2) is 0 Å². The molecule has 0 amide bonds. The van der Waals surface area contributed by atoms with E-state index in [-0.39, 0.29) is 17.2 Å². The molecule has 0 saturated carbocycles. The molecule has 0 fully saturated rings. The lowest BCUT2D eigenvalue weighted by molar-refractivity contribution is -0.765. The molecule has 0 bridgehead atoms. The second-order valence-corrected chi connectivity index (χ2v) is 7.71. The van der Waals surface area contributed by atoms with Crippen LogP contribution in [0.3, 0.4) is 0 Å². The van der Waals surface area contributed by atoms with E-state index in [0.717, 1.165) is 6.07 Å². The number of hydrogen-bond donors (Lipinski definition) is 0. The number of fused-ring (bicyclic) bond motifs is 3. The van der Waals surface area contributed by atoms with Gasteiger partial charge in [-0.15, -0.1) is 0 Å². The van der Waals surface area contributed by atoms with Crippen molar-refractivity contribution in [3.05, 3.63) is 53.2 Å². The number of rotatable bonds is 2. The van der Waals surface area contributed by atoms with Crippen molar-refractivity contribution < 1.29 is 30.9 Å². The van der Waals surface area contributed by atoms with Crippen LogP contribution in [-0.2, 0) is 23.3 Å². The average Bonchev–Trinajstić information content (AvgIpc) is 2.63. The molecule has 1 aliphatic heterocycles. The van der Waals surface area contributed by atoms with E-state index in [4.69, 9.17) is 0 Å². The second kappa shape index (κ2) is 6.22. The zero-order valence-electron chi connectivity index (χ0n) is 16.1. The number of alkyl halides is 6. The first-order chi connectivity index (χ1) is 12.8. The molecule has 0 saturated heterocycles. The first kappa shape index (κ1) is 20.7. The van der Waals surface area contributed by atoms with Gasteiger partial charge >= 0.3 is 12.4 Å². The van der Waals surface area contributed by atoms with E-state index in [2.05, 4.69) is 0 Å². The predicted molar refractivity (Wildman–Crippen MR) is 93.7 cm³/mol.